The van der Waals surface area contributed by atoms with Crippen LogP contribution >= 0.6 is 15.9 Å². The molecule has 0 radical (unpaired) electrons. The zero-order chi connectivity index (χ0) is 12.8. The van der Waals surface area contributed by atoms with Gasteiger partial charge in [0.1, 0.15) is 11.3 Å². The van der Waals surface area contributed by atoms with E-state index in [1.807, 2.05) is 6.07 Å². The first-order valence-corrected chi connectivity index (χ1v) is 7.10. The highest BCUT2D eigenvalue weighted by Gasteiger charge is 2.49. The smallest absolute Gasteiger partial charge is 0.235 e. The van der Waals surface area contributed by atoms with Gasteiger partial charge in [0.25, 0.3) is 0 Å². The average molecular weight is 308 g/mol. The number of benzene rings is 1. The maximum atomic E-state index is 10.6. The van der Waals surface area contributed by atoms with Gasteiger partial charge in [0.2, 0.25) is 6.08 Å². The van der Waals surface area contributed by atoms with E-state index in [9.17, 15) is 9.90 Å². The molecule has 2 aliphatic rings. The average Bonchev–Trinajstić information content (AvgIpc) is 3.12. The molecule has 2 aliphatic carbocycles. The van der Waals surface area contributed by atoms with Crippen molar-refractivity contribution in [1.29, 1.82) is 0 Å². The molecular weight excluding hydrogens is 294 g/mol. The Morgan fingerprint density at radius 1 is 1.33 bits per heavy atom. The maximum absolute atomic E-state index is 10.6. The number of aryl methyl sites for hydroxylation is 1. The van der Waals surface area contributed by atoms with Crippen molar-refractivity contribution in [2.24, 2.45) is 4.99 Å². The van der Waals surface area contributed by atoms with Crippen molar-refractivity contribution >= 4 is 22.0 Å². The molecule has 1 aromatic carbocycles. The minimum absolute atomic E-state index is 0.257. The van der Waals surface area contributed by atoms with E-state index in [0.717, 1.165) is 37.7 Å². The molecule has 0 aliphatic heterocycles. The van der Waals surface area contributed by atoms with Crippen LogP contribution in [0.4, 0.5) is 0 Å². The van der Waals surface area contributed by atoms with Gasteiger partial charge in [0, 0.05) is 5.56 Å². The molecule has 1 saturated carbocycles. The summed E-state index contributed by atoms with van der Waals surface area (Å²) in [5.74, 6) is 0.257. The van der Waals surface area contributed by atoms with Gasteiger partial charge < -0.3 is 5.11 Å². The molecule has 0 amide bonds. The highest BCUT2D eigenvalue weighted by atomic mass is 79.9. The summed E-state index contributed by atoms with van der Waals surface area (Å²) in [6.07, 6.45) is 7.68. The van der Waals surface area contributed by atoms with Crippen LogP contribution in [0.5, 0.6) is 5.75 Å². The Kier molecular flexibility index (Phi) is 2.80. The Morgan fingerprint density at radius 2 is 2.06 bits per heavy atom. The summed E-state index contributed by atoms with van der Waals surface area (Å²) in [5.41, 5.74) is 2.87. The van der Waals surface area contributed by atoms with Crippen LogP contribution in [0.25, 0.3) is 0 Å². The van der Waals surface area contributed by atoms with Gasteiger partial charge in [-0.1, -0.05) is 0 Å². The lowest BCUT2D eigenvalue weighted by molar-refractivity contribution is 0.452. The molecule has 1 N–H and O–H groups in total. The van der Waals surface area contributed by atoms with Crippen LogP contribution in [0, 0.1) is 0 Å². The molecule has 94 valence electrons. The van der Waals surface area contributed by atoms with E-state index in [1.54, 1.807) is 6.08 Å². The van der Waals surface area contributed by atoms with Gasteiger partial charge in [0.05, 0.1) is 4.47 Å². The SMILES string of the molecule is O=C=NC1(c2c(O)c(Br)cc3c2CCCC3)CC1. The van der Waals surface area contributed by atoms with E-state index in [-0.39, 0.29) is 5.75 Å². The van der Waals surface area contributed by atoms with E-state index in [4.69, 9.17) is 0 Å². The number of halogens is 1. The Labute approximate surface area is 114 Å². The second kappa shape index (κ2) is 4.22. The first-order valence-electron chi connectivity index (χ1n) is 6.31. The number of aromatic hydroxyl groups is 1. The topological polar surface area (TPSA) is 49.7 Å². The normalized spacial score (nSPS) is 19.8. The van der Waals surface area contributed by atoms with Crippen LogP contribution in [-0.2, 0) is 23.2 Å². The second-order valence-electron chi connectivity index (χ2n) is 5.16. The lowest BCUT2D eigenvalue weighted by Crippen LogP contribution is -2.13. The molecule has 0 aromatic heterocycles. The minimum atomic E-state index is -0.489. The number of aliphatic imine (C=N–C) groups is 1. The summed E-state index contributed by atoms with van der Waals surface area (Å²) in [5, 5.41) is 10.3. The fraction of sp³-hybridized carbons (Fsp3) is 0.500. The van der Waals surface area contributed by atoms with Crippen molar-refractivity contribution in [2.45, 2.75) is 44.1 Å². The number of carbonyl (C=O) groups excluding carboxylic acids is 1. The number of hydrogen-bond acceptors (Lipinski definition) is 3. The summed E-state index contributed by atoms with van der Waals surface area (Å²) in [6, 6.07) is 2.01. The van der Waals surface area contributed by atoms with Gasteiger partial charge >= 0.3 is 0 Å². The van der Waals surface area contributed by atoms with Gasteiger partial charge in [-0.25, -0.2) is 4.79 Å². The van der Waals surface area contributed by atoms with Crippen molar-refractivity contribution in [1.82, 2.24) is 0 Å². The van der Waals surface area contributed by atoms with Crippen LogP contribution in [0.3, 0.4) is 0 Å². The van der Waals surface area contributed by atoms with Gasteiger partial charge in [-0.3, -0.25) is 0 Å². The van der Waals surface area contributed by atoms with Crippen LogP contribution in [0.2, 0.25) is 0 Å². The number of phenolic OH excluding ortho intramolecular Hbond substituents is 1. The summed E-state index contributed by atoms with van der Waals surface area (Å²) < 4.78 is 0.713. The van der Waals surface area contributed by atoms with Crippen LogP contribution in [0.1, 0.15) is 42.4 Å². The predicted molar refractivity (Wildman–Crippen MR) is 71.5 cm³/mol. The third-order valence-electron chi connectivity index (χ3n) is 4.02. The van der Waals surface area contributed by atoms with Crippen molar-refractivity contribution in [3.05, 3.63) is 27.2 Å². The summed E-state index contributed by atoms with van der Waals surface area (Å²) >= 11 is 3.41. The van der Waals surface area contributed by atoms with Gasteiger partial charge in [-0.05, 0) is 71.6 Å². The Morgan fingerprint density at radius 3 is 2.72 bits per heavy atom. The summed E-state index contributed by atoms with van der Waals surface area (Å²) in [4.78, 5) is 14.6. The van der Waals surface area contributed by atoms with E-state index >= 15 is 0 Å². The minimum Gasteiger partial charge on any atom is -0.506 e. The third kappa shape index (κ3) is 1.72. The lowest BCUT2D eigenvalue weighted by atomic mass is 9.84. The maximum Gasteiger partial charge on any atom is 0.235 e. The van der Waals surface area contributed by atoms with E-state index in [1.165, 1.54) is 17.5 Å². The number of phenols is 1. The van der Waals surface area contributed by atoms with Gasteiger partial charge in [0.15, 0.2) is 0 Å². The Hall–Kier alpha value is -1.12. The van der Waals surface area contributed by atoms with Crippen LogP contribution in [0.15, 0.2) is 15.5 Å². The van der Waals surface area contributed by atoms with Crippen molar-refractivity contribution < 1.29 is 9.90 Å². The van der Waals surface area contributed by atoms with E-state index in [0.29, 0.717) is 4.47 Å². The molecule has 0 atom stereocenters. The summed E-state index contributed by atoms with van der Waals surface area (Å²) in [7, 11) is 0. The molecule has 3 rings (SSSR count). The van der Waals surface area contributed by atoms with Gasteiger partial charge in [-0.2, -0.15) is 4.99 Å². The predicted octanol–water partition coefficient (Wildman–Crippen LogP) is 3.36. The monoisotopic (exact) mass is 307 g/mol. The van der Waals surface area contributed by atoms with Crippen molar-refractivity contribution in [3.8, 4) is 5.75 Å². The number of fused-ring (bicyclic) bond motifs is 1. The quantitative estimate of drug-likeness (QED) is 0.673. The second-order valence-corrected chi connectivity index (χ2v) is 6.02. The largest absolute Gasteiger partial charge is 0.506 e. The summed E-state index contributed by atoms with van der Waals surface area (Å²) in [6.45, 7) is 0. The standard InChI is InChI=1S/C14H14BrNO2/c15-11-7-9-3-1-2-4-10(9)12(13(11)18)14(5-6-14)16-8-17/h7,18H,1-6H2. The van der Waals surface area contributed by atoms with E-state index in [2.05, 4.69) is 20.9 Å². The number of hydrogen-bond donors (Lipinski definition) is 1. The first-order chi connectivity index (χ1) is 8.68. The third-order valence-corrected chi connectivity index (χ3v) is 4.63. The molecule has 1 aromatic rings. The molecule has 1 fully saturated rings. The molecule has 0 spiro atoms. The first kappa shape index (κ1) is 11.9. The molecule has 4 heteroatoms. The zero-order valence-electron chi connectivity index (χ0n) is 10.0. The van der Waals surface area contributed by atoms with Crippen LogP contribution < -0.4 is 0 Å². The van der Waals surface area contributed by atoms with Crippen molar-refractivity contribution in [3.63, 3.8) is 0 Å². The molecule has 0 saturated heterocycles. The van der Waals surface area contributed by atoms with Gasteiger partial charge in [-0.15, -0.1) is 0 Å². The Bertz CT molecular complexity index is 557. The molecular formula is C14H14BrNO2. The molecule has 0 unspecified atom stereocenters. The number of nitrogens with zero attached hydrogens (tertiary/aromatic N) is 1. The Balaban J connectivity index is 2.24. The number of isocyanates is 1. The zero-order valence-corrected chi connectivity index (χ0v) is 11.6. The molecule has 0 bridgehead atoms. The fourth-order valence-corrected chi connectivity index (χ4v) is 3.46. The fourth-order valence-electron chi connectivity index (χ4n) is 2.98. The molecule has 0 heterocycles. The molecule has 3 nitrogen and oxygen atoms in total. The molecule has 18 heavy (non-hydrogen) atoms. The van der Waals surface area contributed by atoms with E-state index < -0.39 is 5.54 Å². The van der Waals surface area contributed by atoms with Crippen LogP contribution in [-0.4, -0.2) is 11.2 Å². The number of rotatable bonds is 2. The lowest BCUT2D eigenvalue weighted by Gasteiger charge is -2.24. The van der Waals surface area contributed by atoms with Crippen molar-refractivity contribution in [2.75, 3.05) is 0 Å². The highest BCUT2D eigenvalue weighted by molar-refractivity contribution is 9.10. The highest BCUT2D eigenvalue weighted by Crippen LogP contribution is 2.55.